The number of hydrogen-bond acceptors (Lipinski definition) is 7. The van der Waals surface area contributed by atoms with Crippen LogP contribution in [0.15, 0.2) is 35.7 Å². The minimum Gasteiger partial charge on any atom is -0.412 e. The lowest BCUT2D eigenvalue weighted by molar-refractivity contribution is 0.0743. The quantitative estimate of drug-likeness (QED) is 0.308. The van der Waals surface area contributed by atoms with E-state index in [2.05, 4.69) is 49.0 Å². The zero-order valence-electron chi connectivity index (χ0n) is 19.8. The molecule has 0 spiro atoms. The van der Waals surface area contributed by atoms with Crippen LogP contribution in [-0.2, 0) is 20.6 Å². The van der Waals surface area contributed by atoms with Gasteiger partial charge in [-0.15, -0.1) is 0 Å². The predicted molar refractivity (Wildman–Crippen MR) is 127 cm³/mol. The summed E-state index contributed by atoms with van der Waals surface area (Å²) in [6, 6.07) is 5.37. The Hall–Kier alpha value is -2.36. The van der Waals surface area contributed by atoms with Gasteiger partial charge in [-0.25, -0.2) is 14.4 Å². The molecule has 174 valence electrons. The molecule has 2 aromatic rings. The normalized spacial score (nSPS) is 14.3. The molecule has 2 heterocycles. The zero-order valence-corrected chi connectivity index (χ0v) is 20.8. The number of oxime groups is 1. The van der Waals surface area contributed by atoms with Gasteiger partial charge in [0.2, 0.25) is 5.95 Å². The molecule has 0 aliphatic carbocycles. The van der Waals surface area contributed by atoms with Crippen LogP contribution in [0.1, 0.15) is 26.3 Å². The van der Waals surface area contributed by atoms with Crippen molar-refractivity contribution >= 4 is 20.0 Å². The van der Waals surface area contributed by atoms with E-state index in [0.29, 0.717) is 48.9 Å². The number of aromatic nitrogens is 2. The molecule has 3 rings (SSSR count). The Morgan fingerprint density at radius 3 is 2.44 bits per heavy atom. The summed E-state index contributed by atoms with van der Waals surface area (Å²) in [5, 5.41) is 4.13. The molecule has 0 saturated carbocycles. The highest BCUT2D eigenvalue weighted by Gasteiger charge is 2.37. The van der Waals surface area contributed by atoms with Gasteiger partial charge in [0.25, 0.3) is 0 Å². The Morgan fingerprint density at radius 2 is 1.81 bits per heavy atom. The van der Waals surface area contributed by atoms with E-state index in [1.54, 1.807) is 31.6 Å². The van der Waals surface area contributed by atoms with Crippen molar-refractivity contribution in [2.75, 3.05) is 38.3 Å². The lowest BCUT2D eigenvalue weighted by atomic mass is 10.1. The van der Waals surface area contributed by atoms with Gasteiger partial charge in [-0.05, 0) is 18.1 Å². The first-order chi connectivity index (χ1) is 15.1. The van der Waals surface area contributed by atoms with Crippen molar-refractivity contribution in [1.29, 1.82) is 0 Å². The highest BCUT2D eigenvalue weighted by atomic mass is 28.4. The maximum Gasteiger partial charge on any atom is 0.225 e. The van der Waals surface area contributed by atoms with Crippen molar-refractivity contribution in [3.63, 3.8) is 0 Å². The second kappa shape index (κ2) is 10.1. The van der Waals surface area contributed by atoms with E-state index in [0.717, 1.165) is 5.71 Å². The van der Waals surface area contributed by atoms with Gasteiger partial charge < -0.3 is 18.9 Å². The molecule has 0 N–H and O–H groups in total. The Kier molecular flexibility index (Phi) is 7.63. The van der Waals surface area contributed by atoms with Gasteiger partial charge in [-0.2, -0.15) is 0 Å². The summed E-state index contributed by atoms with van der Waals surface area (Å²) in [4.78, 5) is 16.0. The summed E-state index contributed by atoms with van der Waals surface area (Å²) in [5.41, 5.74) is 2.59. The standard InChI is InChI=1S/C23H33FN4O3Si/c1-23(2,3)32(5,6)31-16-17-8-7-9-20(21(17)24)18-12-25-22(26-13-18)28-14-19(15-28)27-30-11-10-29-4/h7-9,12-13H,10-11,14-16H2,1-6H3. The summed E-state index contributed by atoms with van der Waals surface area (Å²) >= 11 is 0. The number of ether oxygens (including phenoxy) is 1. The summed E-state index contributed by atoms with van der Waals surface area (Å²) in [7, 11) is -0.347. The molecule has 1 saturated heterocycles. The van der Waals surface area contributed by atoms with Crippen molar-refractivity contribution in [2.24, 2.45) is 5.16 Å². The van der Waals surface area contributed by atoms with E-state index in [1.807, 2.05) is 11.0 Å². The number of anilines is 1. The maximum absolute atomic E-state index is 15.2. The highest BCUT2D eigenvalue weighted by molar-refractivity contribution is 6.74. The molecule has 9 heteroatoms. The number of rotatable bonds is 9. The van der Waals surface area contributed by atoms with Gasteiger partial charge in [0, 0.05) is 36.2 Å². The average molecular weight is 461 g/mol. The topological polar surface area (TPSA) is 69.1 Å². The first-order valence-corrected chi connectivity index (χ1v) is 13.7. The number of methoxy groups -OCH3 is 1. The Morgan fingerprint density at radius 1 is 1.12 bits per heavy atom. The third kappa shape index (κ3) is 5.70. The van der Waals surface area contributed by atoms with Crippen LogP contribution >= 0.6 is 0 Å². The third-order valence-electron chi connectivity index (χ3n) is 6.02. The van der Waals surface area contributed by atoms with Crippen molar-refractivity contribution in [2.45, 2.75) is 45.5 Å². The van der Waals surface area contributed by atoms with E-state index in [-0.39, 0.29) is 17.5 Å². The molecule has 0 radical (unpaired) electrons. The first-order valence-electron chi connectivity index (χ1n) is 10.8. The second-order valence-electron chi connectivity index (χ2n) is 9.44. The summed E-state index contributed by atoms with van der Waals surface area (Å²) in [6.45, 7) is 13.3. The van der Waals surface area contributed by atoms with Gasteiger partial charge in [-0.1, -0.05) is 44.1 Å². The second-order valence-corrected chi connectivity index (χ2v) is 14.2. The molecule has 1 aliphatic rings. The summed E-state index contributed by atoms with van der Waals surface area (Å²) in [5.74, 6) is 0.302. The summed E-state index contributed by atoms with van der Waals surface area (Å²) < 4.78 is 26.3. The summed E-state index contributed by atoms with van der Waals surface area (Å²) in [6.07, 6.45) is 3.31. The SMILES string of the molecule is COCCON=C1CN(c2ncc(-c3cccc(CO[Si](C)(C)C(C)(C)C)c3F)cn2)C1. The van der Waals surface area contributed by atoms with E-state index in [4.69, 9.17) is 14.0 Å². The van der Waals surface area contributed by atoms with E-state index in [1.165, 1.54) is 0 Å². The first kappa shape index (κ1) is 24.3. The molecule has 0 amide bonds. The predicted octanol–water partition coefficient (Wildman–Crippen LogP) is 4.64. The van der Waals surface area contributed by atoms with Crippen molar-refractivity contribution in [1.82, 2.24) is 9.97 Å². The zero-order chi connectivity index (χ0) is 23.4. The van der Waals surface area contributed by atoms with E-state index >= 15 is 4.39 Å². The van der Waals surface area contributed by atoms with Crippen LogP contribution in [-0.4, -0.2) is 57.4 Å². The molecule has 7 nitrogen and oxygen atoms in total. The maximum atomic E-state index is 15.2. The van der Waals surface area contributed by atoms with Crippen molar-refractivity contribution in [3.8, 4) is 11.1 Å². The molecule has 0 unspecified atom stereocenters. The monoisotopic (exact) mass is 460 g/mol. The Bertz CT molecular complexity index is 937. The third-order valence-corrected chi connectivity index (χ3v) is 10.5. The van der Waals surface area contributed by atoms with Gasteiger partial charge in [-0.3, -0.25) is 0 Å². The van der Waals surface area contributed by atoms with Crippen molar-refractivity contribution < 1.29 is 18.4 Å². The van der Waals surface area contributed by atoms with Crippen LogP contribution in [0.4, 0.5) is 10.3 Å². The minimum absolute atomic E-state index is 0.0717. The van der Waals surface area contributed by atoms with Crippen LogP contribution in [0.3, 0.4) is 0 Å². The molecule has 0 bridgehead atoms. The van der Waals surface area contributed by atoms with E-state index in [9.17, 15) is 0 Å². The fraction of sp³-hybridized carbons (Fsp3) is 0.522. The highest BCUT2D eigenvalue weighted by Crippen LogP contribution is 2.37. The van der Waals surface area contributed by atoms with Crippen LogP contribution < -0.4 is 4.90 Å². The molecular weight excluding hydrogens is 427 g/mol. The molecular formula is C23H33FN4O3Si. The molecule has 32 heavy (non-hydrogen) atoms. The van der Waals surface area contributed by atoms with Crippen molar-refractivity contribution in [3.05, 3.63) is 42.0 Å². The van der Waals surface area contributed by atoms with Crippen LogP contribution in [0.2, 0.25) is 18.1 Å². The molecule has 1 aliphatic heterocycles. The molecule has 1 fully saturated rings. The minimum atomic E-state index is -1.97. The smallest absolute Gasteiger partial charge is 0.225 e. The lowest BCUT2D eigenvalue weighted by Gasteiger charge is -2.36. The van der Waals surface area contributed by atoms with E-state index < -0.39 is 8.32 Å². The Labute approximate surface area is 190 Å². The number of nitrogens with zero attached hydrogens (tertiary/aromatic N) is 4. The molecule has 1 aromatic carbocycles. The van der Waals surface area contributed by atoms with Crippen LogP contribution in [0, 0.1) is 5.82 Å². The fourth-order valence-corrected chi connectivity index (χ4v) is 3.81. The number of benzene rings is 1. The van der Waals surface area contributed by atoms with Crippen LogP contribution in [0.5, 0.6) is 0 Å². The average Bonchev–Trinajstić information content (AvgIpc) is 2.71. The Balaban J connectivity index is 1.64. The molecule has 1 aromatic heterocycles. The van der Waals surface area contributed by atoms with Crippen LogP contribution in [0.25, 0.3) is 11.1 Å². The van der Waals surface area contributed by atoms with Gasteiger partial charge in [0.1, 0.15) is 12.4 Å². The van der Waals surface area contributed by atoms with Gasteiger partial charge >= 0.3 is 0 Å². The number of halogens is 1. The largest absolute Gasteiger partial charge is 0.412 e. The van der Waals surface area contributed by atoms with Gasteiger partial charge in [0.05, 0.1) is 32.0 Å². The molecule has 0 atom stereocenters. The number of hydrogen-bond donors (Lipinski definition) is 0. The van der Waals surface area contributed by atoms with Gasteiger partial charge in [0.15, 0.2) is 8.32 Å². The lowest BCUT2D eigenvalue weighted by Crippen LogP contribution is -2.48. The fourth-order valence-electron chi connectivity index (χ4n) is 2.86.